The lowest BCUT2D eigenvalue weighted by atomic mass is 10.1. The number of fused-ring (bicyclic) bond motifs is 2. The maximum atomic E-state index is 13.3. The van der Waals surface area contributed by atoms with Crippen LogP contribution in [-0.2, 0) is 4.79 Å². The molecule has 0 atom stereocenters. The van der Waals surface area contributed by atoms with Gasteiger partial charge in [-0.25, -0.2) is 4.79 Å². The molecule has 3 aromatic carbocycles. The molecule has 1 aromatic heterocycles. The van der Waals surface area contributed by atoms with Crippen molar-refractivity contribution in [2.75, 3.05) is 6.54 Å². The number of carbonyl (C=O) groups is 3. The first-order valence-corrected chi connectivity index (χ1v) is 11.1. The molecule has 1 aliphatic heterocycles. The predicted molar refractivity (Wildman–Crippen MR) is 128 cm³/mol. The summed E-state index contributed by atoms with van der Waals surface area (Å²) >= 11 is 3.27. The van der Waals surface area contributed by atoms with Gasteiger partial charge in [0.1, 0.15) is 12.1 Å². The van der Waals surface area contributed by atoms with E-state index in [1.165, 1.54) is 12.1 Å². The summed E-state index contributed by atoms with van der Waals surface area (Å²) in [5, 5.41) is 0.249. The third-order valence-electron chi connectivity index (χ3n) is 5.48. The van der Waals surface area contributed by atoms with E-state index in [4.69, 9.17) is 9.15 Å². The molecule has 0 fully saturated rings. The second-order valence-corrected chi connectivity index (χ2v) is 8.73. The standard InChI is InChI=1S/C26H16BrNO6/c1-14-7-9-18-20(11-14)33-23(15-5-3-2-4-6-15)24(22(18)30)34-21(29)13-28-25(31)17-10-8-16(27)12-19(17)26(28)32/h2-12H,13H2,1H3. The first-order chi connectivity index (χ1) is 16.3. The van der Waals surface area contributed by atoms with Crippen LogP contribution in [0.4, 0.5) is 0 Å². The number of carbonyl (C=O) groups excluding carboxylic acids is 3. The van der Waals surface area contributed by atoms with Crippen LogP contribution in [0.5, 0.6) is 5.75 Å². The number of hydrogen-bond donors (Lipinski definition) is 0. The third-order valence-corrected chi connectivity index (χ3v) is 5.97. The minimum atomic E-state index is -0.940. The molecule has 4 aromatic rings. The normalized spacial score (nSPS) is 12.8. The highest BCUT2D eigenvalue weighted by molar-refractivity contribution is 9.10. The van der Waals surface area contributed by atoms with Gasteiger partial charge >= 0.3 is 5.97 Å². The number of halogens is 1. The van der Waals surface area contributed by atoms with Crippen LogP contribution >= 0.6 is 15.9 Å². The Morgan fingerprint density at radius 1 is 0.941 bits per heavy atom. The fourth-order valence-corrected chi connectivity index (χ4v) is 4.20. The van der Waals surface area contributed by atoms with Gasteiger partial charge in [-0.3, -0.25) is 19.3 Å². The van der Waals surface area contributed by atoms with Gasteiger partial charge in [0, 0.05) is 10.0 Å². The van der Waals surface area contributed by atoms with Crippen molar-refractivity contribution < 1.29 is 23.5 Å². The van der Waals surface area contributed by atoms with Gasteiger partial charge in [-0.2, -0.15) is 0 Å². The molecule has 5 rings (SSSR count). The smallest absolute Gasteiger partial charge is 0.331 e. The van der Waals surface area contributed by atoms with E-state index in [1.54, 1.807) is 54.6 Å². The molecule has 1 aliphatic rings. The predicted octanol–water partition coefficient (Wildman–Crippen LogP) is 4.73. The topological polar surface area (TPSA) is 93.9 Å². The van der Waals surface area contributed by atoms with Crippen molar-refractivity contribution in [2.45, 2.75) is 6.92 Å². The quantitative estimate of drug-likeness (QED) is 0.287. The van der Waals surface area contributed by atoms with E-state index in [2.05, 4.69) is 15.9 Å². The number of benzene rings is 3. The first kappa shape index (κ1) is 21.8. The Bertz CT molecular complexity index is 1560. The van der Waals surface area contributed by atoms with Crippen LogP contribution in [0.3, 0.4) is 0 Å². The van der Waals surface area contributed by atoms with Crippen molar-refractivity contribution in [1.29, 1.82) is 0 Å². The second kappa shape index (κ2) is 8.39. The van der Waals surface area contributed by atoms with Crippen molar-refractivity contribution in [3.8, 4) is 17.1 Å². The van der Waals surface area contributed by atoms with E-state index in [0.717, 1.165) is 10.5 Å². The number of rotatable bonds is 4. The number of hydrogen-bond acceptors (Lipinski definition) is 6. The van der Waals surface area contributed by atoms with Crippen LogP contribution in [0.2, 0.25) is 0 Å². The Hall–Kier alpha value is -4.04. The lowest BCUT2D eigenvalue weighted by Crippen LogP contribution is -2.37. The molecule has 8 heteroatoms. The summed E-state index contributed by atoms with van der Waals surface area (Å²) in [7, 11) is 0. The highest BCUT2D eigenvalue weighted by Crippen LogP contribution is 2.32. The average Bonchev–Trinajstić information content (AvgIpc) is 3.05. The molecule has 0 N–H and O–H groups in total. The SMILES string of the molecule is Cc1ccc2c(=O)c(OC(=O)CN3C(=O)c4ccc(Br)cc4C3=O)c(-c3ccccc3)oc2c1. The third kappa shape index (κ3) is 3.72. The molecular weight excluding hydrogens is 502 g/mol. The van der Waals surface area contributed by atoms with E-state index < -0.39 is 29.8 Å². The van der Waals surface area contributed by atoms with Crippen LogP contribution < -0.4 is 10.2 Å². The van der Waals surface area contributed by atoms with E-state index >= 15 is 0 Å². The summed E-state index contributed by atoms with van der Waals surface area (Å²) in [6, 6.07) is 18.5. The van der Waals surface area contributed by atoms with E-state index in [0.29, 0.717) is 15.6 Å². The summed E-state index contributed by atoms with van der Waals surface area (Å²) in [5.41, 5.74) is 1.66. The maximum Gasteiger partial charge on any atom is 0.331 e. The van der Waals surface area contributed by atoms with Gasteiger partial charge in [0.25, 0.3) is 11.8 Å². The zero-order valence-electron chi connectivity index (χ0n) is 17.8. The summed E-state index contributed by atoms with van der Waals surface area (Å²) in [5.74, 6) is -2.36. The van der Waals surface area contributed by atoms with E-state index in [9.17, 15) is 19.2 Å². The molecule has 34 heavy (non-hydrogen) atoms. The van der Waals surface area contributed by atoms with Gasteiger partial charge in [0.05, 0.1) is 16.5 Å². The number of aryl methyl sites for hydroxylation is 1. The summed E-state index contributed by atoms with van der Waals surface area (Å²) in [4.78, 5) is 52.3. The number of imide groups is 1. The Morgan fingerprint density at radius 2 is 1.68 bits per heavy atom. The molecule has 0 unspecified atom stereocenters. The highest BCUT2D eigenvalue weighted by atomic mass is 79.9. The largest absolute Gasteiger partial charge is 0.452 e. The van der Waals surface area contributed by atoms with Gasteiger partial charge in [-0.05, 0) is 42.8 Å². The van der Waals surface area contributed by atoms with E-state index in [1.807, 2.05) is 6.92 Å². The monoisotopic (exact) mass is 517 g/mol. The molecule has 0 spiro atoms. The van der Waals surface area contributed by atoms with Crippen LogP contribution in [0.15, 0.2) is 80.4 Å². The summed E-state index contributed by atoms with van der Waals surface area (Å²) < 4.78 is 12.1. The Labute approximate surface area is 201 Å². The summed E-state index contributed by atoms with van der Waals surface area (Å²) in [6.07, 6.45) is 0. The molecule has 0 radical (unpaired) electrons. The first-order valence-electron chi connectivity index (χ1n) is 10.3. The number of ether oxygens (including phenoxy) is 1. The molecule has 168 valence electrons. The van der Waals surface area contributed by atoms with Crippen molar-refractivity contribution in [2.24, 2.45) is 0 Å². The van der Waals surface area contributed by atoms with E-state index in [-0.39, 0.29) is 28.0 Å². The minimum Gasteiger partial charge on any atom is -0.452 e. The maximum absolute atomic E-state index is 13.3. The van der Waals surface area contributed by atoms with Crippen LogP contribution in [0, 0.1) is 6.92 Å². The van der Waals surface area contributed by atoms with Crippen molar-refractivity contribution in [3.05, 3.63) is 98.1 Å². The molecule has 2 amide bonds. The lowest BCUT2D eigenvalue weighted by molar-refractivity contribution is -0.134. The fraction of sp³-hybridized carbons (Fsp3) is 0.0769. The molecule has 0 aliphatic carbocycles. The van der Waals surface area contributed by atoms with Gasteiger partial charge < -0.3 is 9.15 Å². The summed E-state index contributed by atoms with van der Waals surface area (Å²) in [6.45, 7) is 1.22. The van der Waals surface area contributed by atoms with Crippen molar-refractivity contribution in [1.82, 2.24) is 4.90 Å². The average molecular weight is 518 g/mol. The number of esters is 1. The number of amides is 2. The lowest BCUT2D eigenvalue weighted by Gasteiger charge is -2.14. The van der Waals surface area contributed by atoms with Crippen molar-refractivity contribution in [3.63, 3.8) is 0 Å². The van der Waals surface area contributed by atoms with Crippen LogP contribution in [-0.4, -0.2) is 29.2 Å². The second-order valence-electron chi connectivity index (χ2n) is 7.82. The van der Waals surface area contributed by atoms with Gasteiger partial charge in [0.2, 0.25) is 11.2 Å². The Kier molecular flexibility index (Phi) is 5.37. The number of nitrogens with zero attached hydrogens (tertiary/aromatic N) is 1. The zero-order chi connectivity index (χ0) is 24.0. The van der Waals surface area contributed by atoms with Gasteiger partial charge in [-0.15, -0.1) is 0 Å². The molecular formula is C26H16BrNO6. The van der Waals surface area contributed by atoms with Crippen molar-refractivity contribution >= 4 is 44.7 Å². The van der Waals surface area contributed by atoms with Crippen LogP contribution in [0.1, 0.15) is 26.3 Å². The Morgan fingerprint density at radius 3 is 2.44 bits per heavy atom. The van der Waals surface area contributed by atoms with Gasteiger partial charge in [0.15, 0.2) is 5.76 Å². The molecule has 0 saturated heterocycles. The molecule has 2 heterocycles. The molecule has 0 saturated carbocycles. The Balaban J connectivity index is 1.51. The van der Waals surface area contributed by atoms with Gasteiger partial charge in [-0.1, -0.05) is 52.3 Å². The fourth-order valence-electron chi connectivity index (χ4n) is 3.84. The van der Waals surface area contributed by atoms with Crippen LogP contribution in [0.25, 0.3) is 22.3 Å². The highest BCUT2D eigenvalue weighted by Gasteiger charge is 2.37. The minimum absolute atomic E-state index is 0.0864. The molecule has 7 nitrogen and oxygen atoms in total. The molecule has 0 bridgehead atoms. The zero-order valence-corrected chi connectivity index (χ0v) is 19.4.